The molecule has 5 nitrogen and oxygen atoms in total. The van der Waals surface area contributed by atoms with Crippen molar-refractivity contribution in [1.29, 1.82) is 5.26 Å². The van der Waals surface area contributed by atoms with Gasteiger partial charge in [0.15, 0.2) is 0 Å². The standard InChI is InChI=1S/C12H8FN3O2S/c13-10-2-1-3-11(6-10)19(17,18)16-12-5-4-9(7-14)8-15-12/h1-6,8H,(H,15,16). The third kappa shape index (κ3) is 3.05. The van der Waals surface area contributed by atoms with Crippen molar-refractivity contribution in [2.75, 3.05) is 4.72 Å². The van der Waals surface area contributed by atoms with E-state index in [4.69, 9.17) is 5.26 Å². The van der Waals surface area contributed by atoms with Gasteiger partial charge in [-0.3, -0.25) is 4.72 Å². The first-order valence-electron chi connectivity index (χ1n) is 5.16. The van der Waals surface area contributed by atoms with Crippen LogP contribution in [0.2, 0.25) is 0 Å². The predicted octanol–water partition coefficient (Wildman–Crippen LogP) is 1.89. The summed E-state index contributed by atoms with van der Waals surface area (Å²) in [6.45, 7) is 0. The van der Waals surface area contributed by atoms with E-state index in [2.05, 4.69) is 9.71 Å². The van der Waals surface area contributed by atoms with Crippen LogP contribution in [0.4, 0.5) is 10.2 Å². The van der Waals surface area contributed by atoms with Crippen molar-refractivity contribution in [3.05, 3.63) is 54.0 Å². The third-order valence-electron chi connectivity index (χ3n) is 2.24. The average molecular weight is 277 g/mol. The van der Waals surface area contributed by atoms with Crippen molar-refractivity contribution in [2.24, 2.45) is 0 Å². The van der Waals surface area contributed by atoms with Gasteiger partial charge in [-0.05, 0) is 30.3 Å². The van der Waals surface area contributed by atoms with E-state index in [0.29, 0.717) is 5.56 Å². The molecule has 0 unspecified atom stereocenters. The summed E-state index contributed by atoms with van der Waals surface area (Å²) in [5, 5.41) is 8.60. The first-order valence-corrected chi connectivity index (χ1v) is 6.64. The van der Waals surface area contributed by atoms with Gasteiger partial charge in [-0.25, -0.2) is 17.8 Å². The fourth-order valence-corrected chi connectivity index (χ4v) is 2.39. The van der Waals surface area contributed by atoms with Gasteiger partial charge in [0.25, 0.3) is 10.0 Å². The average Bonchev–Trinajstić information content (AvgIpc) is 2.39. The zero-order valence-electron chi connectivity index (χ0n) is 9.54. The Kier molecular flexibility index (Phi) is 3.44. The molecule has 1 aromatic heterocycles. The summed E-state index contributed by atoms with van der Waals surface area (Å²) in [6.07, 6.45) is 1.24. The summed E-state index contributed by atoms with van der Waals surface area (Å²) >= 11 is 0. The lowest BCUT2D eigenvalue weighted by atomic mass is 10.3. The molecule has 0 saturated heterocycles. The summed E-state index contributed by atoms with van der Waals surface area (Å²) in [5.74, 6) is -0.584. The fraction of sp³-hybridized carbons (Fsp3) is 0. The maximum Gasteiger partial charge on any atom is 0.263 e. The molecule has 7 heteroatoms. The number of benzene rings is 1. The number of pyridine rings is 1. The zero-order chi connectivity index (χ0) is 13.9. The first-order chi connectivity index (χ1) is 9.01. The number of sulfonamides is 1. The van der Waals surface area contributed by atoms with Crippen LogP contribution >= 0.6 is 0 Å². The van der Waals surface area contributed by atoms with E-state index in [0.717, 1.165) is 12.1 Å². The lowest BCUT2D eigenvalue weighted by Crippen LogP contribution is -2.14. The number of halogens is 1. The molecule has 96 valence electrons. The molecule has 0 spiro atoms. The molecular formula is C12H8FN3O2S. The van der Waals surface area contributed by atoms with Crippen LogP contribution in [0.1, 0.15) is 5.56 Å². The Morgan fingerprint density at radius 1 is 1.26 bits per heavy atom. The largest absolute Gasteiger partial charge is 0.263 e. The van der Waals surface area contributed by atoms with Crippen LogP contribution < -0.4 is 4.72 Å². The minimum atomic E-state index is -3.89. The smallest absolute Gasteiger partial charge is 0.263 e. The molecule has 0 aliphatic heterocycles. The number of aromatic nitrogens is 1. The van der Waals surface area contributed by atoms with Crippen molar-refractivity contribution in [1.82, 2.24) is 4.98 Å². The Morgan fingerprint density at radius 2 is 2.05 bits per heavy atom. The van der Waals surface area contributed by atoms with E-state index in [-0.39, 0.29) is 10.7 Å². The zero-order valence-corrected chi connectivity index (χ0v) is 10.4. The molecule has 0 atom stereocenters. The molecule has 0 bridgehead atoms. The molecular weight excluding hydrogens is 269 g/mol. The van der Waals surface area contributed by atoms with Crippen LogP contribution in [0.15, 0.2) is 47.5 Å². The van der Waals surface area contributed by atoms with E-state index >= 15 is 0 Å². The second-order valence-corrected chi connectivity index (χ2v) is 5.29. The highest BCUT2D eigenvalue weighted by molar-refractivity contribution is 7.92. The Morgan fingerprint density at radius 3 is 2.63 bits per heavy atom. The van der Waals surface area contributed by atoms with E-state index in [1.165, 1.54) is 30.5 Å². The van der Waals surface area contributed by atoms with Crippen molar-refractivity contribution in [3.8, 4) is 6.07 Å². The van der Waals surface area contributed by atoms with E-state index in [1.807, 2.05) is 6.07 Å². The van der Waals surface area contributed by atoms with Crippen LogP contribution in [-0.2, 0) is 10.0 Å². The summed E-state index contributed by atoms with van der Waals surface area (Å²) in [5.41, 5.74) is 0.314. The Balaban J connectivity index is 2.28. The van der Waals surface area contributed by atoms with Gasteiger partial charge in [-0.1, -0.05) is 6.07 Å². The summed E-state index contributed by atoms with van der Waals surface area (Å²) in [7, 11) is -3.89. The van der Waals surface area contributed by atoms with Crippen molar-refractivity contribution >= 4 is 15.8 Å². The quantitative estimate of drug-likeness (QED) is 0.928. The van der Waals surface area contributed by atoms with Crippen LogP contribution in [0.25, 0.3) is 0 Å². The normalized spacial score (nSPS) is 10.7. The first kappa shape index (κ1) is 13.0. The second-order valence-electron chi connectivity index (χ2n) is 3.61. The lowest BCUT2D eigenvalue weighted by Gasteiger charge is -2.07. The summed E-state index contributed by atoms with van der Waals surface area (Å²) in [4.78, 5) is 3.58. The van der Waals surface area contributed by atoms with E-state index < -0.39 is 15.8 Å². The molecule has 0 aliphatic carbocycles. The number of nitriles is 1. The van der Waals surface area contributed by atoms with E-state index in [1.54, 1.807) is 0 Å². The molecule has 1 aromatic carbocycles. The molecule has 2 aromatic rings. The van der Waals surface area contributed by atoms with Gasteiger partial charge in [-0.15, -0.1) is 0 Å². The number of rotatable bonds is 3. The highest BCUT2D eigenvalue weighted by Gasteiger charge is 2.15. The molecule has 0 radical (unpaired) electrons. The molecule has 0 saturated carbocycles. The molecule has 0 aliphatic rings. The van der Waals surface area contributed by atoms with Gasteiger partial charge in [0, 0.05) is 6.20 Å². The van der Waals surface area contributed by atoms with Crippen molar-refractivity contribution in [2.45, 2.75) is 4.90 Å². The maximum absolute atomic E-state index is 13.0. The topological polar surface area (TPSA) is 82.9 Å². The Bertz CT molecular complexity index is 736. The van der Waals surface area contributed by atoms with Gasteiger partial charge in [-0.2, -0.15) is 5.26 Å². The van der Waals surface area contributed by atoms with Crippen LogP contribution in [0.5, 0.6) is 0 Å². The monoisotopic (exact) mass is 277 g/mol. The molecule has 1 N–H and O–H groups in total. The molecule has 1 heterocycles. The van der Waals surface area contributed by atoms with E-state index in [9.17, 15) is 12.8 Å². The Hall–Kier alpha value is -2.46. The third-order valence-corrected chi connectivity index (χ3v) is 3.59. The molecule has 0 amide bonds. The molecule has 2 rings (SSSR count). The predicted molar refractivity (Wildman–Crippen MR) is 66.2 cm³/mol. The van der Waals surface area contributed by atoms with Gasteiger partial charge >= 0.3 is 0 Å². The van der Waals surface area contributed by atoms with Crippen LogP contribution in [0, 0.1) is 17.1 Å². The Labute approximate surface area is 109 Å². The van der Waals surface area contributed by atoms with Gasteiger partial charge in [0.05, 0.1) is 10.5 Å². The van der Waals surface area contributed by atoms with Crippen molar-refractivity contribution in [3.63, 3.8) is 0 Å². The van der Waals surface area contributed by atoms with Crippen LogP contribution in [-0.4, -0.2) is 13.4 Å². The highest BCUT2D eigenvalue weighted by Crippen LogP contribution is 2.15. The van der Waals surface area contributed by atoms with Gasteiger partial charge in [0.2, 0.25) is 0 Å². The minimum Gasteiger partial charge on any atom is -0.263 e. The number of nitrogens with zero attached hydrogens (tertiary/aromatic N) is 2. The number of anilines is 1. The van der Waals surface area contributed by atoms with Crippen molar-refractivity contribution < 1.29 is 12.8 Å². The maximum atomic E-state index is 13.0. The highest BCUT2D eigenvalue weighted by atomic mass is 32.2. The molecule has 19 heavy (non-hydrogen) atoms. The second kappa shape index (κ2) is 5.04. The number of hydrogen-bond donors (Lipinski definition) is 1. The van der Waals surface area contributed by atoms with Gasteiger partial charge in [0.1, 0.15) is 17.7 Å². The fourth-order valence-electron chi connectivity index (χ4n) is 1.35. The number of nitrogens with one attached hydrogen (secondary N) is 1. The van der Waals surface area contributed by atoms with Crippen LogP contribution in [0.3, 0.4) is 0 Å². The summed E-state index contributed by atoms with van der Waals surface area (Å²) in [6, 6.07) is 9.29. The number of hydrogen-bond acceptors (Lipinski definition) is 4. The molecule has 0 fully saturated rings. The SMILES string of the molecule is N#Cc1ccc(NS(=O)(=O)c2cccc(F)c2)nc1. The van der Waals surface area contributed by atoms with Gasteiger partial charge < -0.3 is 0 Å². The lowest BCUT2D eigenvalue weighted by molar-refractivity contribution is 0.595. The minimum absolute atomic E-state index is 0.0586. The summed E-state index contributed by atoms with van der Waals surface area (Å²) < 4.78 is 39.0.